The minimum atomic E-state index is -4.02. The molecule has 0 spiro atoms. The molecule has 6 nitrogen and oxygen atoms in total. The number of rotatable bonds is 8. The minimum absolute atomic E-state index is 0.108. The van der Waals surface area contributed by atoms with Gasteiger partial charge in [0.25, 0.3) is 0 Å². The highest BCUT2D eigenvalue weighted by atomic mass is 32.2. The molecule has 134 valence electrons. The molecule has 0 atom stereocenters. The molecular formula is C18H23N3O3S. The summed E-state index contributed by atoms with van der Waals surface area (Å²) in [7, 11) is -4.02. The highest BCUT2D eigenvalue weighted by molar-refractivity contribution is 7.89. The molecule has 0 heterocycles. The van der Waals surface area contributed by atoms with Crippen LogP contribution in [0.4, 0.5) is 17.1 Å². The van der Waals surface area contributed by atoms with Crippen LogP contribution >= 0.6 is 0 Å². The van der Waals surface area contributed by atoms with Gasteiger partial charge in [-0.1, -0.05) is 31.5 Å². The second kappa shape index (κ2) is 8.13. The predicted molar refractivity (Wildman–Crippen MR) is 101 cm³/mol. The molecule has 0 unspecified atom stereocenters. The molecule has 0 fully saturated rings. The summed E-state index contributed by atoms with van der Waals surface area (Å²) < 4.78 is 24.2. The molecule has 0 aromatic heterocycles. The van der Waals surface area contributed by atoms with Crippen molar-refractivity contribution in [3.63, 3.8) is 0 Å². The summed E-state index contributed by atoms with van der Waals surface area (Å²) in [6, 6.07) is 12.2. The number of anilines is 3. The molecule has 25 heavy (non-hydrogen) atoms. The maximum atomic E-state index is 12.1. The Labute approximate surface area is 148 Å². The summed E-state index contributed by atoms with van der Waals surface area (Å²) in [5, 5.41) is 11.7. The van der Waals surface area contributed by atoms with Crippen molar-refractivity contribution in [3.05, 3.63) is 48.0 Å². The third-order valence-corrected chi connectivity index (χ3v) is 4.64. The van der Waals surface area contributed by atoms with E-state index in [9.17, 15) is 13.2 Å². The molecule has 0 aliphatic heterocycles. The molecule has 4 N–H and O–H groups in total. The highest BCUT2D eigenvalue weighted by Crippen LogP contribution is 2.34. The van der Waals surface area contributed by atoms with Crippen LogP contribution in [0.15, 0.2) is 47.4 Å². The van der Waals surface area contributed by atoms with Crippen molar-refractivity contribution in [1.29, 1.82) is 0 Å². The number of unbranched alkanes of at least 4 members (excludes halogenated alkanes) is 1. The third kappa shape index (κ3) is 5.04. The largest absolute Gasteiger partial charge is 0.383 e. The van der Waals surface area contributed by atoms with Crippen LogP contribution in [-0.4, -0.2) is 20.7 Å². The van der Waals surface area contributed by atoms with Crippen LogP contribution in [0.1, 0.15) is 37.0 Å². The van der Waals surface area contributed by atoms with Crippen LogP contribution in [0, 0.1) is 0 Å². The number of nitrogens with two attached hydrogens (primary N) is 1. The number of benzene rings is 2. The predicted octanol–water partition coefficient (Wildman–Crippen LogP) is 3.49. The molecule has 2 rings (SSSR count). The number of nitrogens with one attached hydrogen (secondary N) is 2. The number of hydrogen-bond donors (Lipinski definition) is 3. The van der Waals surface area contributed by atoms with E-state index in [4.69, 9.17) is 5.14 Å². The zero-order chi connectivity index (χ0) is 18.4. The van der Waals surface area contributed by atoms with Crippen molar-refractivity contribution in [3.8, 4) is 0 Å². The molecule has 0 radical (unpaired) electrons. The van der Waals surface area contributed by atoms with Crippen molar-refractivity contribution >= 4 is 32.9 Å². The number of ketones is 1. The Bertz CT molecular complexity index is 849. The van der Waals surface area contributed by atoms with Gasteiger partial charge in [0.05, 0.1) is 11.4 Å². The first-order valence-corrected chi connectivity index (χ1v) is 9.65. The van der Waals surface area contributed by atoms with Gasteiger partial charge in [0.1, 0.15) is 4.90 Å². The van der Waals surface area contributed by atoms with Crippen LogP contribution in [0.2, 0.25) is 0 Å². The molecule has 0 amide bonds. The lowest BCUT2D eigenvalue weighted by Gasteiger charge is -2.18. The maximum Gasteiger partial charge on any atom is 0.240 e. The van der Waals surface area contributed by atoms with Gasteiger partial charge in [-0.3, -0.25) is 4.79 Å². The van der Waals surface area contributed by atoms with E-state index < -0.39 is 10.0 Å². The monoisotopic (exact) mass is 361 g/mol. The molecule has 2 aromatic rings. The maximum absolute atomic E-state index is 12.1. The molecule has 7 heteroatoms. The van der Waals surface area contributed by atoms with E-state index in [1.54, 1.807) is 6.07 Å². The van der Waals surface area contributed by atoms with Crippen molar-refractivity contribution < 1.29 is 13.2 Å². The smallest absolute Gasteiger partial charge is 0.240 e. The average Bonchev–Trinajstić information content (AvgIpc) is 2.56. The lowest BCUT2D eigenvalue weighted by atomic mass is 10.1. The van der Waals surface area contributed by atoms with E-state index in [1.807, 2.05) is 30.3 Å². The highest BCUT2D eigenvalue weighted by Gasteiger charge is 2.20. The number of Topliss-reactive ketones (excluding diaryl/α,β-unsaturated/α-hetero) is 1. The summed E-state index contributed by atoms with van der Waals surface area (Å²) in [4.78, 5) is 11.7. The van der Waals surface area contributed by atoms with Gasteiger partial charge in [-0.15, -0.1) is 0 Å². The van der Waals surface area contributed by atoms with Gasteiger partial charge in [-0.2, -0.15) is 0 Å². The minimum Gasteiger partial charge on any atom is -0.383 e. The summed E-state index contributed by atoms with van der Waals surface area (Å²) in [5.41, 5.74) is 1.90. The van der Waals surface area contributed by atoms with Crippen LogP contribution in [0.5, 0.6) is 0 Å². The van der Waals surface area contributed by atoms with Crippen molar-refractivity contribution in [2.45, 2.75) is 31.6 Å². The van der Waals surface area contributed by atoms with Crippen molar-refractivity contribution in [2.75, 3.05) is 17.2 Å². The van der Waals surface area contributed by atoms with Gasteiger partial charge in [0.15, 0.2) is 5.78 Å². The molecule has 0 saturated carbocycles. The van der Waals surface area contributed by atoms with Crippen molar-refractivity contribution in [1.82, 2.24) is 0 Å². The number of para-hydroxylation sites is 1. The van der Waals surface area contributed by atoms with E-state index in [2.05, 4.69) is 17.6 Å². The van der Waals surface area contributed by atoms with Gasteiger partial charge < -0.3 is 10.6 Å². The van der Waals surface area contributed by atoms with Gasteiger partial charge in [-0.25, -0.2) is 13.6 Å². The van der Waals surface area contributed by atoms with Gasteiger partial charge in [0, 0.05) is 17.8 Å². The second-order valence-corrected chi connectivity index (χ2v) is 7.30. The normalized spacial score (nSPS) is 11.2. The van der Waals surface area contributed by atoms with E-state index >= 15 is 0 Å². The Morgan fingerprint density at radius 3 is 2.40 bits per heavy atom. The molecule has 2 aromatic carbocycles. The van der Waals surface area contributed by atoms with Crippen molar-refractivity contribution in [2.24, 2.45) is 5.14 Å². The molecule has 0 aliphatic rings. The Morgan fingerprint density at radius 1 is 1.16 bits per heavy atom. The average molecular weight is 361 g/mol. The van der Waals surface area contributed by atoms with Crippen LogP contribution < -0.4 is 15.8 Å². The fourth-order valence-electron chi connectivity index (χ4n) is 2.38. The molecule has 0 bridgehead atoms. The zero-order valence-corrected chi connectivity index (χ0v) is 15.2. The number of sulfonamides is 1. The van der Waals surface area contributed by atoms with Crippen LogP contribution in [0.3, 0.4) is 0 Å². The van der Waals surface area contributed by atoms with Crippen LogP contribution in [0.25, 0.3) is 0 Å². The standard InChI is InChI=1S/C18H23N3O3S/c1-3-4-10-20-16-11-14(13(2)22)12-17(25(19,23)24)18(16)21-15-8-6-5-7-9-15/h5-9,11-12,20-21H,3-4,10H2,1-2H3,(H2,19,23,24). The number of carbonyl (C=O) groups is 1. The van der Waals surface area contributed by atoms with E-state index in [0.29, 0.717) is 23.5 Å². The Morgan fingerprint density at radius 2 is 1.84 bits per heavy atom. The second-order valence-electron chi connectivity index (χ2n) is 5.77. The van der Waals surface area contributed by atoms with Crippen LogP contribution in [-0.2, 0) is 10.0 Å². The number of hydrogen-bond acceptors (Lipinski definition) is 5. The van der Waals surface area contributed by atoms with E-state index in [0.717, 1.165) is 18.5 Å². The lowest BCUT2D eigenvalue weighted by molar-refractivity contribution is 0.101. The summed E-state index contributed by atoms with van der Waals surface area (Å²) >= 11 is 0. The summed E-state index contributed by atoms with van der Waals surface area (Å²) in [6.45, 7) is 4.11. The third-order valence-electron chi connectivity index (χ3n) is 3.70. The Hall–Kier alpha value is -2.38. The summed E-state index contributed by atoms with van der Waals surface area (Å²) in [6.07, 6.45) is 1.91. The molecule has 0 aliphatic carbocycles. The fourth-order valence-corrected chi connectivity index (χ4v) is 3.11. The van der Waals surface area contributed by atoms with Gasteiger partial charge in [0.2, 0.25) is 10.0 Å². The van der Waals surface area contributed by atoms with Gasteiger partial charge in [-0.05, 0) is 37.6 Å². The fraction of sp³-hybridized carbons (Fsp3) is 0.278. The first kappa shape index (κ1) is 19.0. The molecular weight excluding hydrogens is 338 g/mol. The SMILES string of the molecule is CCCCNc1cc(C(C)=O)cc(S(N)(=O)=O)c1Nc1ccccc1. The first-order chi connectivity index (χ1) is 11.8. The number of primary sulfonamides is 1. The van der Waals surface area contributed by atoms with Gasteiger partial charge >= 0.3 is 0 Å². The Kier molecular flexibility index (Phi) is 6.17. The first-order valence-electron chi connectivity index (χ1n) is 8.10. The number of carbonyl (C=O) groups excluding carboxylic acids is 1. The summed E-state index contributed by atoms with van der Waals surface area (Å²) in [5.74, 6) is -0.227. The Balaban J connectivity index is 2.59. The van der Waals surface area contributed by atoms with E-state index in [1.165, 1.54) is 13.0 Å². The zero-order valence-electron chi connectivity index (χ0n) is 14.4. The lowest BCUT2D eigenvalue weighted by Crippen LogP contribution is -2.17. The molecule has 0 saturated heterocycles. The topological polar surface area (TPSA) is 101 Å². The quantitative estimate of drug-likeness (QED) is 0.493. The van der Waals surface area contributed by atoms with E-state index in [-0.39, 0.29) is 10.7 Å².